The lowest BCUT2D eigenvalue weighted by atomic mass is 9.64. The number of thiol groups is 2. The van der Waals surface area contributed by atoms with Crippen molar-refractivity contribution in [1.29, 1.82) is 0 Å². The molecule has 76 heavy (non-hydrogen) atoms. The highest BCUT2D eigenvalue weighted by Gasteiger charge is 2.50. The lowest BCUT2D eigenvalue weighted by molar-refractivity contribution is -0.157. The van der Waals surface area contributed by atoms with Crippen LogP contribution in [0.5, 0.6) is 0 Å². The van der Waals surface area contributed by atoms with Crippen LogP contribution in [-0.4, -0.2) is 70.1 Å². The van der Waals surface area contributed by atoms with Crippen molar-refractivity contribution in [3.8, 4) is 0 Å². The fourth-order valence-electron chi connectivity index (χ4n) is 10.7. The number of amides is 3. The van der Waals surface area contributed by atoms with Gasteiger partial charge in [0.25, 0.3) is 0 Å². The van der Waals surface area contributed by atoms with Gasteiger partial charge in [-0.3, -0.25) is 19.2 Å². The Bertz CT molecular complexity index is 2920. The molecule has 4 N–H and O–H groups in total. The molecular weight excluding hydrogens is 990 g/mol. The van der Waals surface area contributed by atoms with Gasteiger partial charge in [-0.25, -0.2) is 4.39 Å². The van der Waals surface area contributed by atoms with Crippen molar-refractivity contribution in [3.63, 3.8) is 0 Å². The Hall–Kier alpha value is -7.25. The van der Waals surface area contributed by atoms with Crippen molar-refractivity contribution in [1.82, 2.24) is 16.0 Å². The Morgan fingerprint density at radius 1 is 0.658 bits per heavy atom. The predicted octanol–water partition coefficient (Wildman–Crippen LogP) is 10.5. The molecule has 7 aromatic rings. The third-order valence-corrected chi connectivity index (χ3v) is 15.1. The number of benzene rings is 7. The molecular formula is C64H64FN3O6S2. The molecule has 390 valence electrons. The molecule has 0 saturated carbocycles. The first-order chi connectivity index (χ1) is 36.9. The predicted molar refractivity (Wildman–Crippen MR) is 305 cm³/mol. The fourth-order valence-corrected chi connectivity index (χ4v) is 11.1. The molecule has 9 nitrogen and oxygen atoms in total. The summed E-state index contributed by atoms with van der Waals surface area (Å²) in [7, 11) is 0. The van der Waals surface area contributed by atoms with Crippen molar-refractivity contribution < 1.29 is 33.4 Å². The number of rotatable bonds is 15. The quantitative estimate of drug-likeness (QED) is 0.0344. The van der Waals surface area contributed by atoms with Crippen molar-refractivity contribution >= 4 is 54.5 Å². The Balaban J connectivity index is 1.27. The molecule has 3 amide bonds. The summed E-state index contributed by atoms with van der Waals surface area (Å²) in [5.41, 5.74) is 3.63. The average molecular weight is 1050 g/mol. The zero-order valence-corrected chi connectivity index (χ0v) is 44.4. The van der Waals surface area contributed by atoms with E-state index >= 15 is 14.4 Å². The number of aliphatic hydroxyl groups excluding tert-OH is 1. The van der Waals surface area contributed by atoms with E-state index in [1.54, 1.807) is 0 Å². The second kappa shape index (κ2) is 25.5. The standard InChI is InChI=1S/C64H64FN3O6S2/c1-43(2)59-55(69)40-57(71)74-63(42-76,53(29-18-38-75)45-32-34-48(35-33-45)58(46-19-8-3-9-20-46)47-21-10-4-11-22-47)41-56(70)66-54(39-44-30-36-52(65)37-31-44)61(72)68-60(62(73)67-59)64(49-23-12-5-13-24-49,50-25-14-6-15-26-50)51-27-16-7-17-28-51/h3-17,19-37,43,54-55,58-60,69,75-76H,18,38-42H2,1-2H3,(H,66,70)(H,67,73)(H,68,72)/t54-,55-,59+,60?,63?/m0/s1. The lowest BCUT2D eigenvalue weighted by Gasteiger charge is -2.43. The van der Waals surface area contributed by atoms with Gasteiger partial charge in [-0.05, 0) is 74.7 Å². The highest BCUT2D eigenvalue weighted by molar-refractivity contribution is 7.80. The first kappa shape index (κ1) is 55.0. The minimum Gasteiger partial charge on any atom is -0.453 e. The molecule has 2 unspecified atom stereocenters. The second-order valence-electron chi connectivity index (χ2n) is 19.7. The van der Waals surface area contributed by atoms with Crippen LogP contribution in [0, 0.1) is 11.7 Å². The van der Waals surface area contributed by atoms with Crippen LogP contribution < -0.4 is 16.0 Å². The maximum absolute atomic E-state index is 15.7. The summed E-state index contributed by atoms with van der Waals surface area (Å²) < 4.78 is 21.0. The number of halogens is 1. The normalized spacial score (nSPS) is 20.2. The Morgan fingerprint density at radius 2 is 1.14 bits per heavy atom. The number of aliphatic hydroxyl groups is 1. The number of ether oxygens (including phenoxy) is 1. The van der Waals surface area contributed by atoms with Gasteiger partial charge in [0.2, 0.25) is 17.7 Å². The number of cyclic esters (lactones) is 1. The number of allylic oxidation sites excluding steroid dienone is 1. The van der Waals surface area contributed by atoms with E-state index in [9.17, 15) is 14.3 Å². The number of esters is 1. The highest BCUT2D eigenvalue weighted by atomic mass is 32.1. The zero-order valence-electron chi connectivity index (χ0n) is 42.6. The van der Waals surface area contributed by atoms with Crippen LogP contribution in [0.3, 0.4) is 0 Å². The molecule has 0 aromatic heterocycles. The summed E-state index contributed by atoms with van der Waals surface area (Å²) in [6.07, 6.45) is -0.379. The summed E-state index contributed by atoms with van der Waals surface area (Å²) in [6.45, 7) is 3.64. The second-order valence-corrected chi connectivity index (χ2v) is 20.4. The molecule has 0 bridgehead atoms. The molecule has 0 radical (unpaired) electrons. The van der Waals surface area contributed by atoms with Crippen molar-refractivity contribution in [2.24, 2.45) is 5.92 Å². The molecule has 7 aromatic carbocycles. The number of hydrogen-bond donors (Lipinski definition) is 6. The van der Waals surface area contributed by atoms with Gasteiger partial charge in [0.05, 0.1) is 30.4 Å². The maximum atomic E-state index is 15.7. The van der Waals surface area contributed by atoms with Crippen LogP contribution in [-0.2, 0) is 35.8 Å². The van der Waals surface area contributed by atoms with E-state index < -0.39 is 83.5 Å². The zero-order chi connectivity index (χ0) is 53.7. The Morgan fingerprint density at radius 3 is 1.62 bits per heavy atom. The third kappa shape index (κ3) is 12.5. The van der Waals surface area contributed by atoms with Gasteiger partial charge in [-0.2, -0.15) is 25.3 Å². The molecule has 0 aliphatic carbocycles. The van der Waals surface area contributed by atoms with E-state index in [0.717, 1.165) is 16.7 Å². The lowest BCUT2D eigenvalue weighted by Crippen LogP contribution is -2.64. The van der Waals surface area contributed by atoms with E-state index in [0.29, 0.717) is 45.6 Å². The van der Waals surface area contributed by atoms with Crippen molar-refractivity contribution in [2.75, 3.05) is 11.5 Å². The van der Waals surface area contributed by atoms with Gasteiger partial charge in [-0.15, -0.1) is 0 Å². The Kier molecular flexibility index (Phi) is 18.5. The molecule has 1 aliphatic rings. The average Bonchev–Trinajstić information content (AvgIpc) is 3.44. The molecule has 1 aliphatic heterocycles. The van der Waals surface area contributed by atoms with E-state index in [1.165, 1.54) is 24.3 Å². The van der Waals surface area contributed by atoms with Crippen LogP contribution in [0.2, 0.25) is 0 Å². The molecule has 1 heterocycles. The van der Waals surface area contributed by atoms with Gasteiger partial charge in [0, 0.05) is 23.7 Å². The molecule has 5 atom stereocenters. The van der Waals surface area contributed by atoms with Crippen LogP contribution in [0.4, 0.5) is 4.39 Å². The SMILES string of the molecule is CC(C)[C@H]1NC(=O)C(C(c2ccccc2)(c2ccccc2)c2ccccc2)NC(=O)[C@H](Cc2ccc(F)cc2)NC(=O)CC(CS)(C(=CCCS)c2ccc(C(c3ccccc3)c3ccccc3)cc2)OC(=O)C[C@@H]1O. The monoisotopic (exact) mass is 1050 g/mol. The molecule has 1 saturated heterocycles. The van der Waals surface area contributed by atoms with Gasteiger partial charge in [0.15, 0.2) is 5.60 Å². The number of carbonyl (C=O) groups excluding carboxylic acids is 4. The fraction of sp³-hybridized carbons (Fsp3) is 0.250. The van der Waals surface area contributed by atoms with Crippen molar-refractivity contribution in [3.05, 3.63) is 257 Å². The van der Waals surface area contributed by atoms with Crippen LogP contribution in [0.25, 0.3) is 5.57 Å². The minimum absolute atomic E-state index is 0.111. The van der Waals surface area contributed by atoms with Crippen LogP contribution in [0.1, 0.15) is 83.5 Å². The van der Waals surface area contributed by atoms with Gasteiger partial charge in [-0.1, -0.05) is 208 Å². The number of carbonyl (C=O) groups is 4. The first-order valence-corrected chi connectivity index (χ1v) is 27.0. The summed E-state index contributed by atoms with van der Waals surface area (Å²) >= 11 is 9.40. The maximum Gasteiger partial charge on any atom is 0.309 e. The number of hydrogen-bond acceptors (Lipinski definition) is 8. The van der Waals surface area contributed by atoms with Gasteiger partial charge >= 0.3 is 5.97 Å². The van der Waals surface area contributed by atoms with Crippen LogP contribution in [0.15, 0.2) is 206 Å². The highest BCUT2D eigenvalue weighted by Crippen LogP contribution is 2.44. The summed E-state index contributed by atoms with van der Waals surface area (Å²) in [5.74, 6) is -3.71. The summed E-state index contributed by atoms with van der Waals surface area (Å²) in [4.78, 5) is 61.1. The van der Waals surface area contributed by atoms with E-state index in [-0.39, 0.29) is 18.1 Å². The minimum atomic E-state index is -1.77. The van der Waals surface area contributed by atoms with E-state index in [2.05, 4.69) is 52.8 Å². The molecule has 1 fully saturated rings. The topological polar surface area (TPSA) is 134 Å². The molecule has 12 heteroatoms. The Labute approximate surface area is 456 Å². The smallest absolute Gasteiger partial charge is 0.309 e. The van der Waals surface area contributed by atoms with Gasteiger partial charge < -0.3 is 25.8 Å². The molecule has 0 spiro atoms. The van der Waals surface area contributed by atoms with E-state index in [1.807, 2.05) is 172 Å². The third-order valence-electron chi connectivity index (χ3n) is 14.3. The summed E-state index contributed by atoms with van der Waals surface area (Å²) in [5, 5.41) is 21.4. The van der Waals surface area contributed by atoms with Crippen molar-refractivity contribution in [2.45, 2.75) is 80.7 Å². The summed E-state index contributed by atoms with van der Waals surface area (Å²) in [6, 6.07) is 58.2. The van der Waals surface area contributed by atoms with Gasteiger partial charge in [0.1, 0.15) is 17.9 Å². The van der Waals surface area contributed by atoms with Crippen LogP contribution >= 0.6 is 25.3 Å². The largest absolute Gasteiger partial charge is 0.453 e. The first-order valence-electron chi connectivity index (χ1n) is 25.7. The number of nitrogens with one attached hydrogen (secondary N) is 3. The molecule has 8 rings (SSSR count). The van der Waals surface area contributed by atoms with E-state index in [4.69, 9.17) is 17.4 Å².